The van der Waals surface area contributed by atoms with Crippen molar-refractivity contribution in [3.63, 3.8) is 0 Å². The zero-order valence-electron chi connectivity index (χ0n) is 18.9. The highest BCUT2D eigenvalue weighted by atomic mass is 35.5. The number of hydrogen-bond acceptors (Lipinski definition) is 5. The van der Waals surface area contributed by atoms with Crippen molar-refractivity contribution in [2.24, 2.45) is 0 Å². The van der Waals surface area contributed by atoms with Gasteiger partial charge in [-0.3, -0.25) is 9.69 Å². The number of fused-ring (bicyclic) bond motifs is 1. The Bertz CT molecular complexity index is 984. The minimum atomic E-state index is -0.0333. The van der Waals surface area contributed by atoms with Gasteiger partial charge in [0.05, 0.1) is 16.3 Å². The number of aromatic nitrogens is 1. The monoisotopic (exact) mass is 461 g/mol. The van der Waals surface area contributed by atoms with Crippen LogP contribution in [0.2, 0.25) is 0 Å². The van der Waals surface area contributed by atoms with Crippen molar-refractivity contribution in [2.75, 3.05) is 31.1 Å². The molecule has 3 rings (SSSR count). The number of halogens is 1. The molecular weight excluding hydrogens is 430 g/mol. The Morgan fingerprint density at radius 1 is 1.06 bits per heavy atom. The van der Waals surface area contributed by atoms with Crippen LogP contribution < -0.4 is 9.64 Å². The summed E-state index contributed by atoms with van der Waals surface area (Å²) in [6.07, 6.45) is 0.100. The lowest BCUT2D eigenvalue weighted by molar-refractivity contribution is 0.0983. The van der Waals surface area contributed by atoms with Crippen molar-refractivity contribution in [3.05, 3.63) is 53.6 Å². The van der Waals surface area contributed by atoms with Crippen LogP contribution >= 0.6 is 23.7 Å². The topological polar surface area (TPSA) is 45.7 Å². The molecule has 0 atom stereocenters. The van der Waals surface area contributed by atoms with Gasteiger partial charge in [0.1, 0.15) is 5.75 Å². The van der Waals surface area contributed by atoms with Crippen LogP contribution in [0.4, 0.5) is 5.13 Å². The van der Waals surface area contributed by atoms with E-state index in [9.17, 15) is 4.79 Å². The molecule has 31 heavy (non-hydrogen) atoms. The minimum Gasteiger partial charge on any atom is -0.491 e. The number of anilines is 1. The second-order valence-electron chi connectivity index (χ2n) is 7.64. The number of hydrogen-bond donors (Lipinski definition) is 0. The fourth-order valence-corrected chi connectivity index (χ4v) is 4.39. The van der Waals surface area contributed by atoms with Gasteiger partial charge in [0.2, 0.25) is 0 Å². The van der Waals surface area contributed by atoms with Crippen LogP contribution in [-0.2, 0) is 0 Å². The SMILES string of the molecule is CCN(CC)CCN(C(=O)c1ccc(OC(C)C)cc1)c1nc2ccc(C)cc2s1.Cl. The summed E-state index contributed by atoms with van der Waals surface area (Å²) in [5, 5.41) is 0.746. The third kappa shape index (κ3) is 6.42. The number of rotatable bonds is 9. The van der Waals surface area contributed by atoms with E-state index >= 15 is 0 Å². The maximum atomic E-state index is 13.4. The van der Waals surface area contributed by atoms with E-state index in [1.54, 1.807) is 11.3 Å². The third-order valence-corrected chi connectivity index (χ3v) is 6.06. The van der Waals surface area contributed by atoms with Gasteiger partial charge < -0.3 is 9.64 Å². The number of nitrogens with zero attached hydrogens (tertiary/aromatic N) is 3. The van der Waals surface area contributed by atoms with Gasteiger partial charge in [-0.05, 0) is 75.8 Å². The Balaban J connectivity index is 0.00000341. The summed E-state index contributed by atoms with van der Waals surface area (Å²) in [4.78, 5) is 22.3. The zero-order chi connectivity index (χ0) is 21.7. The Morgan fingerprint density at radius 2 is 1.74 bits per heavy atom. The predicted octanol–water partition coefficient (Wildman–Crippen LogP) is 5.80. The molecule has 0 saturated heterocycles. The number of carbonyl (C=O) groups is 1. The number of thiazole rings is 1. The molecule has 1 aromatic heterocycles. The first kappa shape index (κ1) is 25.1. The van der Waals surface area contributed by atoms with E-state index in [0.717, 1.165) is 40.7 Å². The average molecular weight is 462 g/mol. The number of benzene rings is 2. The number of amides is 1. The molecule has 1 amide bonds. The first-order valence-electron chi connectivity index (χ1n) is 10.6. The smallest absolute Gasteiger partial charge is 0.260 e. The van der Waals surface area contributed by atoms with Crippen molar-refractivity contribution in [3.8, 4) is 5.75 Å². The molecule has 0 radical (unpaired) electrons. The van der Waals surface area contributed by atoms with E-state index < -0.39 is 0 Å². The summed E-state index contributed by atoms with van der Waals surface area (Å²) < 4.78 is 6.81. The quantitative estimate of drug-likeness (QED) is 0.403. The van der Waals surface area contributed by atoms with Crippen LogP contribution in [0.1, 0.15) is 43.6 Å². The fraction of sp³-hybridized carbons (Fsp3) is 0.417. The highest BCUT2D eigenvalue weighted by Crippen LogP contribution is 2.30. The third-order valence-electron chi connectivity index (χ3n) is 5.02. The van der Waals surface area contributed by atoms with Gasteiger partial charge >= 0.3 is 0 Å². The van der Waals surface area contributed by atoms with E-state index in [-0.39, 0.29) is 24.4 Å². The molecule has 168 valence electrons. The molecule has 0 aliphatic heterocycles. The van der Waals surface area contributed by atoms with Crippen molar-refractivity contribution >= 4 is 45.0 Å². The standard InChI is InChI=1S/C24H31N3O2S.ClH/c1-6-26(7-2)14-15-27(24-25-21-13-8-18(5)16-22(21)30-24)23(28)19-9-11-20(12-10-19)29-17(3)4;/h8-13,16-17H,6-7,14-15H2,1-5H3;1H. The van der Waals surface area contributed by atoms with Gasteiger partial charge in [0.25, 0.3) is 5.91 Å². The highest BCUT2D eigenvalue weighted by Gasteiger charge is 2.22. The maximum Gasteiger partial charge on any atom is 0.260 e. The normalized spacial score (nSPS) is 11.1. The second kappa shape index (κ2) is 11.5. The van der Waals surface area contributed by atoms with Gasteiger partial charge in [-0.25, -0.2) is 4.98 Å². The van der Waals surface area contributed by atoms with Crippen molar-refractivity contribution in [1.29, 1.82) is 0 Å². The van der Waals surface area contributed by atoms with E-state index in [1.165, 1.54) is 5.56 Å². The Labute approximate surface area is 195 Å². The summed E-state index contributed by atoms with van der Waals surface area (Å²) in [5.41, 5.74) is 2.77. The molecule has 0 unspecified atom stereocenters. The van der Waals surface area contributed by atoms with Crippen LogP contribution in [0, 0.1) is 6.92 Å². The maximum absolute atomic E-state index is 13.4. The van der Waals surface area contributed by atoms with Gasteiger partial charge in [-0.1, -0.05) is 31.3 Å². The molecule has 0 aliphatic carbocycles. The molecule has 0 fully saturated rings. The summed E-state index contributed by atoms with van der Waals surface area (Å²) in [6, 6.07) is 13.6. The Kier molecular flexibility index (Phi) is 9.29. The molecule has 5 nitrogen and oxygen atoms in total. The average Bonchev–Trinajstić information content (AvgIpc) is 3.13. The fourth-order valence-electron chi connectivity index (χ4n) is 3.30. The van der Waals surface area contributed by atoms with Crippen LogP contribution in [0.15, 0.2) is 42.5 Å². The molecular formula is C24H32ClN3O2S. The van der Waals surface area contributed by atoms with E-state index in [4.69, 9.17) is 9.72 Å². The number of ether oxygens (including phenoxy) is 1. The van der Waals surface area contributed by atoms with Crippen LogP contribution in [0.3, 0.4) is 0 Å². The minimum absolute atomic E-state index is 0. The lowest BCUT2D eigenvalue weighted by Crippen LogP contribution is -2.38. The Hall–Kier alpha value is -2.15. The molecule has 3 aromatic rings. The zero-order valence-corrected chi connectivity index (χ0v) is 20.6. The van der Waals surface area contributed by atoms with E-state index in [2.05, 4.69) is 37.8 Å². The summed E-state index contributed by atoms with van der Waals surface area (Å²) >= 11 is 1.57. The molecule has 0 N–H and O–H groups in total. The first-order chi connectivity index (χ1) is 14.4. The molecule has 2 aromatic carbocycles. The summed E-state index contributed by atoms with van der Waals surface area (Å²) in [5.74, 6) is 0.737. The predicted molar refractivity (Wildman–Crippen MR) is 133 cm³/mol. The van der Waals surface area contributed by atoms with Crippen molar-refractivity contribution < 1.29 is 9.53 Å². The van der Waals surface area contributed by atoms with Gasteiger partial charge in [-0.2, -0.15) is 0 Å². The lowest BCUT2D eigenvalue weighted by Gasteiger charge is -2.24. The van der Waals surface area contributed by atoms with Crippen LogP contribution in [0.5, 0.6) is 5.75 Å². The Morgan fingerprint density at radius 3 is 2.35 bits per heavy atom. The van der Waals surface area contributed by atoms with E-state index in [1.807, 2.05) is 49.1 Å². The van der Waals surface area contributed by atoms with E-state index in [0.29, 0.717) is 12.1 Å². The van der Waals surface area contributed by atoms with Gasteiger partial charge in [0.15, 0.2) is 5.13 Å². The number of carbonyl (C=O) groups excluding carboxylic acids is 1. The van der Waals surface area contributed by atoms with Crippen molar-refractivity contribution in [1.82, 2.24) is 9.88 Å². The van der Waals surface area contributed by atoms with Crippen LogP contribution in [-0.4, -0.2) is 48.1 Å². The molecule has 0 saturated carbocycles. The largest absolute Gasteiger partial charge is 0.491 e. The molecule has 1 heterocycles. The van der Waals surface area contributed by atoms with Gasteiger partial charge in [-0.15, -0.1) is 12.4 Å². The summed E-state index contributed by atoms with van der Waals surface area (Å²) in [6.45, 7) is 13.7. The first-order valence-corrected chi connectivity index (χ1v) is 11.4. The number of aryl methyl sites for hydroxylation is 1. The van der Waals surface area contributed by atoms with Gasteiger partial charge in [0, 0.05) is 18.7 Å². The highest BCUT2D eigenvalue weighted by molar-refractivity contribution is 7.22. The molecule has 0 bridgehead atoms. The lowest BCUT2D eigenvalue weighted by atomic mass is 10.2. The molecule has 0 aliphatic rings. The van der Waals surface area contributed by atoms with Crippen molar-refractivity contribution in [2.45, 2.75) is 40.7 Å². The molecule has 0 spiro atoms. The second-order valence-corrected chi connectivity index (χ2v) is 8.65. The summed E-state index contributed by atoms with van der Waals surface area (Å²) in [7, 11) is 0. The van der Waals surface area contributed by atoms with Crippen LogP contribution in [0.25, 0.3) is 10.2 Å². The molecule has 7 heteroatoms. The number of likely N-dealkylation sites (N-methyl/N-ethyl adjacent to an activating group) is 1.